The molecule has 1 amide bonds. The number of rotatable bonds is 1. The predicted octanol–water partition coefficient (Wildman–Crippen LogP) is 0.646. The average molecular weight is 221 g/mol. The Morgan fingerprint density at radius 2 is 2.31 bits per heavy atom. The molecule has 1 aliphatic rings. The summed E-state index contributed by atoms with van der Waals surface area (Å²) in [6.07, 6.45) is 3.14. The quantitative estimate of drug-likeness (QED) is 0.698. The average Bonchev–Trinajstić information content (AvgIpc) is 2.30. The third-order valence-corrected chi connectivity index (χ3v) is 2.63. The number of hydrogen-bond acceptors (Lipinski definition) is 4. The second kappa shape index (κ2) is 4.57. The Hall–Kier alpha value is -1.49. The van der Waals surface area contributed by atoms with Gasteiger partial charge in [-0.3, -0.25) is 9.78 Å². The number of ether oxygens (including phenoxy) is 1. The van der Waals surface area contributed by atoms with Crippen LogP contribution in [0.2, 0.25) is 0 Å². The minimum atomic E-state index is -0.0664. The van der Waals surface area contributed by atoms with Crippen LogP contribution >= 0.6 is 0 Å². The van der Waals surface area contributed by atoms with Crippen LogP contribution in [0.25, 0.3) is 0 Å². The highest BCUT2D eigenvalue weighted by Gasteiger charge is 2.25. The van der Waals surface area contributed by atoms with E-state index in [1.165, 1.54) is 6.20 Å². The molecular weight excluding hydrogens is 206 g/mol. The van der Waals surface area contributed by atoms with Crippen molar-refractivity contribution in [3.63, 3.8) is 0 Å². The Morgan fingerprint density at radius 1 is 1.50 bits per heavy atom. The summed E-state index contributed by atoms with van der Waals surface area (Å²) in [7, 11) is 0. The highest BCUT2D eigenvalue weighted by Crippen LogP contribution is 2.10. The van der Waals surface area contributed by atoms with E-state index in [-0.39, 0.29) is 11.9 Å². The summed E-state index contributed by atoms with van der Waals surface area (Å²) in [6.45, 7) is 5.62. The molecule has 1 saturated heterocycles. The molecule has 0 spiro atoms. The molecule has 0 aromatic carbocycles. The van der Waals surface area contributed by atoms with Crippen molar-refractivity contribution in [1.29, 1.82) is 0 Å². The molecule has 0 saturated carbocycles. The van der Waals surface area contributed by atoms with Crippen LogP contribution in [-0.2, 0) is 4.74 Å². The molecule has 1 aromatic heterocycles. The van der Waals surface area contributed by atoms with Crippen LogP contribution in [0.3, 0.4) is 0 Å². The fourth-order valence-electron chi connectivity index (χ4n) is 1.68. The number of carbonyl (C=O) groups is 1. The van der Waals surface area contributed by atoms with E-state index in [2.05, 4.69) is 9.97 Å². The predicted molar refractivity (Wildman–Crippen MR) is 58.1 cm³/mol. The molecule has 16 heavy (non-hydrogen) atoms. The summed E-state index contributed by atoms with van der Waals surface area (Å²) in [6, 6.07) is 0.101. The van der Waals surface area contributed by atoms with Crippen LogP contribution in [0.15, 0.2) is 12.4 Å². The van der Waals surface area contributed by atoms with Gasteiger partial charge in [-0.1, -0.05) is 0 Å². The zero-order valence-electron chi connectivity index (χ0n) is 9.51. The standard InChI is InChI=1S/C11H15N3O2/c1-8-5-13-10(6-12-8)11(15)14-3-4-16-7-9(14)2/h5-6,9H,3-4,7H2,1-2H3/t9-/m0/s1. The second-order valence-electron chi connectivity index (χ2n) is 3.97. The third kappa shape index (κ3) is 2.19. The van der Waals surface area contributed by atoms with Crippen molar-refractivity contribution in [2.24, 2.45) is 0 Å². The summed E-state index contributed by atoms with van der Waals surface area (Å²) < 4.78 is 5.29. The monoisotopic (exact) mass is 221 g/mol. The first-order valence-corrected chi connectivity index (χ1v) is 5.36. The van der Waals surface area contributed by atoms with Gasteiger partial charge in [0.1, 0.15) is 5.69 Å². The minimum absolute atomic E-state index is 0.0664. The first-order valence-electron chi connectivity index (χ1n) is 5.36. The third-order valence-electron chi connectivity index (χ3n) is 2.63. The zero-order chi connectivity index (χ0) is 11.5. The van der Waals surface area contributed by atoms with Crippen molar-refractivity contribution in [1.82, 2.24) is 14.9 Å². The maximum absolute atomic E-state index is 12.1. The van der Waals surface area contributed by atoms with Gasteiger partial charge < -0.3 is 9.64 Å². The van der Waals surface area contributed by atoms with E-state index in [4.69, 9.17) is 4.74 Å². The number of nitrogens with zero attached hydrogens (tertiary/aromatic N) is 3. The van der Waals surface area contributed by atoms with Gasteiger partial charge in [0.15, 0.2) is 0 Å². The molecule has 5 heteroatoms. The van der Waals surface area contributed by atoms with E-state index in [0.29, 0.717) is 25.5 Å². The largest absolute Gasteiger partial charge is 0.377 e. The lowest BCUT2D eigenvalue weighted by molar-refractivity contribution is 0.00324. The molecular formula is C11H15N3O2. The van der Waals surface area contributed by atoms with E-state index in [1.54, 1.807) is 11.1 Å². The molecule has 0 unspecified atom stereocenters. The van der Waals surface area contributed by atoms with Crippen LogP contribution < -0.4 is 0 Å². The Bertz CT molecular complexity index is 377. The summed E-state index contributed by atoms with van der Waals surface area (Å²) in [5.74, 6) is -0.0664. The van der Waals surface area contributed by atoms with Gasteiger partial charge >= 0.3 is 0 Å². The van der Waals surface area contributed by atoms with Crippen LogP contribution in [0.4, 0.5) is 0 Å². The van der Waals surface area contributed by atoms with Crippen molar-refractivity contribution < 1.29 is 9.53 Å². The molecule has 1 fully saturated rings. The highest BCUT2D eigenvalue weighted by atomic mass is 16.5. The zero-order valence-corrected chi connectivity index (χ0v) is 9.51. The van der Waals surface area contributed by atoms with E-state index in [9.17, 15) is 4.79 Å². The maximum Gasteiger partial charge on any atom is 0.274 e. The molecule has 0 radical (unpaired) electrons. The number of carbonyl (C=O) groups excluding carboxylic acids is 1. The van der Waals surface area contributed by atoms with Gasteiger partial charge in [0, 0.05) is 12.7 Å². The fraction of sp³-hybridized carbons (Fsp3) is 0.545. The minimum Gasteiger partial charge on any atom is -0.377 e. The molecule has 2 rings (SSSR count). The van der Waals surface area contributed by atoms with Gasteiger partial charge in [-0.05, 0) is 13.8 Å². The number of hydrogen-bond donors (Lipinski definition) is 0. The lowest BCUT2D eigenvalue weighted by atomic mass is 10.2. The van der Waals surface area contributed by atoms with E-state index >= 15 is 0 Å². The van der Waals surface area contributed by atoms with Gasteiger partial charge in [0.25, 0.3) is 5.91 Å². The summed E-state index contributed by atoms with van der Waals surface area (Å²) >= 11 is 0. The van der Waals surface area contributed by atoms with Gasteiger partial charge in [-0.25, -0.2) is 4.98 Å². The first kappa shape index (κ1) is 11.0. The summed E-state index contributed by atoms with van der Waals surface area (Å²) in [5.41, 5.74) is 1.21. The van der Waals surface area contributed by atoms with E-state index < -0.39 is 0 Å². The molecule has 1 aromatic rings. The smallest absolute Gasteiger partial charge is 0.274 e. The Labute approximate surface area is 94.5 Å². The molecule has 0 bridgehead atoms. The number of amides is 1. The molecule has 1 aliphatic heterocycles. The Morgan fingerprint density at radius 3 is 2.94 bits per heavy atom. The SMILES string of the molecule is Cc1cnc(C(=O)N2CCOC[C@@H]2C)cn1. The van der Waals surface area contributed by atoms with Crippen molar-refractivity contribution >= 4 is 5.91 Å². The van der Waals surface area contributed by atoms with Gasteiger partial charge in [0.05, 0.1) is 31.1 Å². The normalized spacial score (nSPS) is 20.9. The first-order chi connectivity index (χ1) is 7.68. The van der Waals surface area contributed by atoms with Gasteiger partial charge in [-0.15, -0.1) is 0 Å². The molecule has 2 heterocycles. The molecule has 0 aliphatic carbocycles. The summed E-state index contributed by atoms with van der Waals surface area (Å²) in [4.78, 5) is 22.0. The molecule has 0 N–H and O–H groups in total. The van der Waals surface area contributed by atoms with E-state index in [0.717, 1.165) is 5.69 Å². The van der Waals surface area contributed by atoms with Crippen LogP contribution in [0.5, 0.6) is 0 Å². The topological polar surface area (TPSA) is 55.3 Å². The Balaban J connectivity index is 2.14. The number of morpholine rings is 1. The molecule has 5 nitrogen and oxygen atoms in total. The van der Waals surface area contributed by atoms with Crippen molar-refractivity contribution in [2.75, 3.05) is 19.8 Å². The lowest BCUT2D eigenvalue weighted by Gasteiger charge is -2.32. The Kier molecular flexibility index (Phi) is 3.14. The fourth-order valence-corrected chi connectivity index (χ4v) is 1.68. The second-order valence-corrected chi connectivity index (χ2v) is 3.97. The van der Waals surface area contributed by atoms with Gasteiger partial charge in [0.2, 0.25) is 0 Å². The van der Waals surface area contributed by atoms with Crippen molar-refractivity contribution in [3.05, 3.63) is 23.8 Å². The van der Waals surface area contributed by atoms with Gasteiger partial charge in [-0.2, -0.15) is 0 Å². The number of aromatic nitrogens is 2. The van der Waals surface area contributed by atoms with Crippen LogP contribution in [0.1, 0.15) is 23.1 Å². The van der Waals surface area contributed by atoms with Crippen molar-refractivity contribution in [2.45, 2.75) is 19.9 Å². The van der Waals surface area contributed by atoms with Crippen molar-refractivity contribution in [3.8, 4) is 0 Å². The molecule has 1 atom stereocenters. The lowest BCUT2D eigenvalue weighted by Crippen LogP contribution is -2.47. The molecule has 86 valence electrons. The summed E-state index contributed by atoms with van der Waals surface area (Å²) in [5, 5.41) is 0. The highest BCUT2D eigenvalue weighted by molar-refractivity contribution is 5.92. The maximum atomic E-state index is 12.1. The van der Waals surface area contributed by atoms with Crippen LogP contribution in [-0.4, -0.2) is 46.6 Å². The van der Waals surface area contributed by atoms with E-state index in [1.807, 2.05) is 13.8 Å². The van der Waals surface area contributed by atoms with Crippen LogP contribution in [0, 0.1) is 6.92 Å². The number of aryl methyl sites for hydroxylation is 1.